The van der Waals surface area contributed by atoms with Gasteiger partial charge in [0.25, 0.3) is 5.91 Å². The van der Waals surface area contributed by atoms with Crippen LogP contribution >= 0.6 is 11.6 Å². The second kappa shape index (κ2) is 9.75. The molecule has 3 aromatic rings. The third-order valence-corrected chi connectivity index (χ3v) is 5.36. The smallest absolute Gasteiger partial charge is 0.254 e. The Kier molecular flexibility index (Phi) is 7.22. The first-order valence-corrected chi connectivity index (χ1v) is 11.1. The van der Waals surface area contributed by atoms with Crippen molar-refractivity contribution in [2.24, 2.45) is 0 Å². The Morgan fingerprint density at radius 3 is 2.24 bits per heavy atom. The number of carbonyl (C=O) groups is 2. The summed E-state index contributed by atoms with van der Waals surface area (Å²) in [6.45, 7) is 9.60. The van der Waals surface area contributed by atoms with E-state index >= 15 is 0 Å². The van der Waals surface area contributed by atoms with Gasteiger partial charge in [0, 0.05) is 28.1 Å². The first-order chi connectivity index (χ1) is 15.5. The molecule has 0 spiro atoms. The zero-order valence-corrected chi connectivity index (χ0v) is 20.2. The van der Waals surface area contributed by atoms with Gasteiger partial charge in [-0.25, -0.2) is 9.07 Å². The zero-order valence-electron chi connectivity index (χ0n) is 19.4. The average molecular weight is 471 g/mol. The number of halogens is 2. The first kappa shape index (κ1) is 24.5. The number of rotatable bonds is 6. The fourth-order valence-electron chi connectivity index (χ4n) is 3.20. The van der Waals surface area contributed by atoms with Gasteiger partial charge < -0.3 is 10.2 Å². The molecule has 174 valence electrons. The molecule has 1 N–H and O–H groups in total. The van der Waals surface area contributed by atoms with E-state index in [4.69, 9.17) is 11.6 Å². The lowest BCUT2D eigenvalue weighted by molar-refractivity contribution is -0.117. The van der Waals surface area contributed by atoms with Gasteiger partial charge in [0.1, 0.15) is 18.2 Å². The predicted molar refractivity (Wildman–Crippen MR) is 128 cm³/mol. The molecule has 3 rings (SSSR count). The third-order valence-electron chi connectivity index (χ3n) is 5.11. The summed E-state index contributed by atoms with van der Waals surface area (Å²) in [6.07, 6.45) is 0. The van der Waals surface area contributed by atoms with Crippen molar-refractivity contribution in [3.8, 4) is 5.69 Å². The average Bonchev–Trinajstić information content (AvgIpc) is 3.16. The van der Waals surface area contributed by atoms with Crippen LogP contribution in [0, 0.1) is 5.82 Å². The summed E-state index contributed by atoms with van der Waals surface area (Å²) in [5.41, 5.74) is 1.63. The van der Waals surface area contributed by atoms with Crippen molar-refractivity contribution in [1.29, 1.82) is 0 Å². The van der Waals surface area contributed by atoms with Crippen molar-refractivity contribution in [2.75, 3.05) is 11.9 Å². The van der Waals surface area contributed by atoms with Crippen LogP contribution < -0.4 is 5.32 Å². The standard InChI is InChI=1S/C25H28ClFN4O2/c1-16(2)30(24(33)17-6-10-19(27)11-7-17)15-23(32)28-22-14-21(25(3,4)5)29-31(22)20-12-8-18(26)9-13-20/h6-14,16H,15H2,1-5H3,(H,28,32). The maximum Gasteiger partial charge on any atom is 0.254 e. The summed E-state index contributed by atoms with van der Waals surface area (Å²) >= 11 is 6.02. The molecule has 1 aromatic heterocycles. The highest BCUT2D eigenvalue weighted by atomic mass is 35.5. The van der Waals surface area contributed by atoms with Gasteiger partial charge in [-0.3, -0.25) is 9.59 Å². The van der Waals surface area contributed by atoms with Crippen molar-refractivity contribution >= 4 is 29.2 Å². The molecule has 8 heteroatoms. The van der Waals surface area contributed by atoms with Crippen molar-refractivity contribution in [2.45, 2.75) is 46.1 Å². The SMILES string of the molecule is CC(C)N(CC(=O)Nc1cc(C(C)(C)C)nn1-c1ccc(Cl)cc1)C(=O)c1ccc(F)cc1. The Balaban J connectivity index is 1.86. The number of aromatic nitrogens is 2. The van der Waals surface area contributed by atoms with Crippen LogP contribution in [0.1, 0.15) is 50.7 Å². The molecule has 0 saturated carbocycles. The van der Waals surface area contributed by atoms with Gasteiger partial charge in [-0.05, 0) is 62.4 Å². The van der Waals surface area contributed by atoms with E-state index in [0.717, 1.165) is 11.4 Å². The van der Waals surface area contributed by atoms with E-state index in [0.29, 0.717) is 16.4 Å². The van der Waals surface area contributed by atoms with Crippen LogP contribution in [0.4, 0.5) is 10.2 Å². The van der Waals surface area contributed by atoms with Gasteiger partial charge in [0.05, 0.1) is 11.4 Å². The number of benzene rings is 2. The Morgan fingerprint density at radius 2 is 1.70 bits per heavy atom. The molecular weight excluding hydrogens is 443 g/mol. The predicted octanol–water partition coefficient (Wildman–Crippen LogP) is 5.45. The van der Waals surface area contributed by atoms with Crippen molar-refractivity contribution in [3.05, 3.63) is 76.7 Å². The van der Waals surface area contributed by atoms with Gasteiger partial charge >= 0.3 is 0 Å². The van der Waals surface area contributed by atoms with Crippen LogP contribution in [0.2, 0.25) is 5.02 Å². The maximum atomic E-state index is 13.2. The molecule has 1 heterocycles. The minimum absolute atomic E-state index is 0.162. The molecule has 0 radical (unpaired) electrons. The normalized spacial score (nSPS) is 11.5. The molecule has 0 saturated heterocycles. The molecule has 0 aliphatic rings. The third kappa shape index (κ3) is 5.99. The molecule has 2 aromatic carbocycles. The van der Waals surface area contributed by atoms with Crippen molar-refractivity contribution < 1.29 is 14.0 Å². The highest BCUT2D eigenvalue weighted by molar-refractivity contribution is 6.30. The number of nitrogens with one attached hydrogen (secondary N) is 1. The van der Waals surface area contributed by atoms with Crippen molar-refractivity contribution in [1.82, 2.24) is 14.7 Å². The highest BCUT2D eigenvalue weighted by Crippen LogP contribution is 2.27. The summed E-state index contributed by atoms with van der Waals surface area (Å²) in [5, 5.41) is 8.17. The second-order valence-corrected chi connectivity index (χ2v) is 9.57. The molecule has 0 aliphatic carbocycles. The molecule has 0 unspecified atom stereocenters. The van der Waals surface area contributed by atoms with Crippen molar-refractivity contribution in [3.63, 3.8) is 0 Å². The van der Waals surface area contributed by atoms with E-state index in [-0.39, 0.29) is 29.8 Å². The van der Waals surface area contributed by atoms with Gasteiger partial charge in [0.2, 0.25) is 5.91 Å². The zero-order chi connectivity index (χ0) is 24.3. The number of nitrogens with zero attached hydrogens (tertiary/aromatic N) is 3. The summed E-state index contributed by atoms with van der Waals surface area (Å²) in [5.74, 6) is -0.646. The minimum Gasteiger partial charge on any atom is -0.327 e. The van der Waals surface area contributed by atoms with E-state index in [1.165, 1.54) is 29.2 Å². The van der Waals surface area contributed by atoms with Crippen LogP contribution in [0.15, 0.2) is 54.6 Å². The van der Waals surface area contributed by atoms with Crippen LogP contribution in [0.25, 0.3) is 5.69 Å². The highest BCUT2D eigenvalue weighted by Gasteiger charge is 2.24. The Hall–Kier alpha value is -3.19. The van der Waals surface area contributed by atoms with E-state index in [1.807, 2.05) is 52.8 Å². The minimum atomic E-state index is -0.425. The summed E-state index contributed by atoms with van der Waals surface area (Å²) < 4.78 is 14.9. The Morgan fingerprint density at radius 1 is 1.09 bits per heavy atom. The van der Waals surface area contributed by atoms with E-state index < -0.39 is 5.82 Å². The molecule has 0 atom stereocenters. The molecule has 0 aliphatic heterocycles. The van der Waals surface area contributed by atoms with Gasteiger partial charge in [-0.15, -0.1) is 0 Å². The Bertz CT molecular complexity index is 1130. The molecule has 33 heavy (non-hydrogen) atoms. The lowest BCUT2D eigenvalue weighted by atomic mass is 9.92. The monoisotopic (exact) mass is 470 g/mol. The molecular formula is C25H28ClFN4O2. The fraction of sp³-hybridized carbons (Fsp3) is 0.320. The second-order valence-electron chi connectivity index (χ2n) is 9.13. The van der Waals surface area contributed by atoms with Gasteiger partial charge in [-0.2, -0.15) is 5.10 Å². The molecule has 2 amide bonds. The number of carbonyl (C=O) groups excluding carboxylic acids is 2. The van der Waals surface area contributed by atoms with Crippen LogP contribution in [0.3, 0.4) is 0 Å². The maximum absolute atomic E-state index is 13.2. The van der Waals surface area contributed by atoms with E-state index in [9.17, 15) is 14.0 Å². The summed E-state index contributed by atoms with van der Waals surface area (Å²) in [4.78, 5) is 27.4. The summed E-state index contributed by atoms with van der Waals surface area (Å²) in [6, 6.07) is 14.0. The lowest BCUT2D eigenvalue weighted by Crippen LogP contribution is -2.42. The summed E-state index contributed by atoms with van der Waals surface area (Å²) in [7, 11) is 0. The number of hydrogen-bond acceptors (Lipinski definition) is 3. The quantitative estimate of drug-likeness (QED) is 0.520. The van der Waals surface area contributed by atoms with Gasteiger partial charge in [-0.1, -0.05) is 32.4 Å². The van der Waals surface area contributed by atoms with E-state index in [1.54, 1.807) is 16.8 Å². The fourth-order valence-corrected chi connectivity index (χ4v) is 3.33. The number of amides is 2. The molecule has 6 nitrogen and oxygen atoms in total. The van der Waals surface area contributed by atoms with E-state index in [2.05, 4.69) is 10.4 Å². The first-order valence-electron chi connectivity index (χ1n) is 10.7. The largest absolute Gasteiger partial charge is 0.327 e. The van der Waals surface area contributed by atoms with Crippen LogP contribution in [-0.2, 0) is 10.2 Å². The van der Waals surface area contributed by atoms with Gasteiger partial charge in [0.15, 0.2) is 0 Å². The molecule has 0 bridgehead atoms. The molecule has 0 fully saturated rings. The Labute approximate surface area is 198 Å². The van der Waals surface area contributed by atoms with Crippen LogP contribution in [-0.4, -0.2) is 39.1 Å². The lowest BCUT2D eigenvalue weighted by Gasteiger charge is -2.26. The number of hydrogen-bond donors (Lipinski definition) is 1. The number of anilines is 1. The topological polar surface area (TPSA) is 67.2 Å². The van der Waals surface area contributed by atoms with Crippen LogP contribution in [0.5, 0.6) is 0 Å².